The van der Waals surface area contributed by atoms with Crippen LogP contribution in [0, 0.1) is 0 Å². The number of aryl methyl sites for hydroxylation is 1. The SMILES string of the molecule is CCc1nc(CCNS(=O)(=O)c2ccccc2C(=O)O)cs1. The lowest BCUT2D eigenvalue weighted by atomic mass is 10.2. The maximum atomic E-state index is 12.2. The van der Waals surface area contributed by atoms with Gasteiger partial charge in [-0.25, -0.2) is 22.9 Å². The fraction of sp³-hybridized carbons (Fsp3) is 0.286. The van der Waals surface area contributed by atoms with Gasteiger partial charge < -0.3 is 5.11 Å². The van der Waals surface area contributed by atoms with Gasteiger partial charge in [-0.2, -0.15) is 0 Å². The Morgan fingerprint density at radius 3 is 2.73 bits per heavy atom. The molecule has 0 aliphatic heterocycles. The third-order valence-electron chi connectivity index (χ3n) is 2.98. The second-order valence-electron chi connectivity index (χ2n) is 4.54. The summed E-state index contributed by atoms with van der Waals surface area (Å²) in [7, 11) is -3.86. The summed E-state index contributed by atoms with van der Waals surface area (Å²) in [5.74, 6) is -1.27. The number of sulfonamides is 1. The molecule has 0 aliphatic carbocycles. The normalized spacial score (nSPS) is 11.5. The van der Waals surface area contributed by atoms with Crippen molar-refractivity contribution < 1.29 is 18.3 Å². The first-order valence-corrected chi connectivity index (χ1v) is 9.05. The average molecular weight is 340 g/mol. The van der Waals surface area contributed by atoms with Gasteiger partial charge >= 0.3 is 5.97 Å². The number of carboxylic acid groups (broad SMARTS) is 1. The van der Waals surface area contributed by atoms with E-state index in [9.17, 15) is 13.2 Å². The molecular weight excluding hydrogens is 324 g/mol. The Balaban J connectivity index is 2.07. The van der Waals surface area contributed by atoms with Crippen molar-refractivity contribution in [2.24, 2.45) is 0 Å². The Morgan fingerprint density at radius 2 is 2.09 bits per heavy atom. The van der Waals surface area contributed by atoms with Crippen LogP contribution < -0.4 is 4.72 Å². The highest BCUT2D eigenvalue weighted by atomic mass is 32.2. The maximum absolute atomic E-state index is 12.2. The second-order valence-corrected chi connectivity index (χ2v) is 7.21. The van der Waals surface area contributed by atoms with E-state index in [1.54, 1.807) is 11.3 Å². The molecule has 8 heteroatoms. The van der Waals surface area contributed by atoms with Gasteiger partial charge in [-0.3, -0.25) is 0 Å². The highest BCUT2D eigenvalue weighted by Gasteiger charge is 2.21. The van der Waals surface area contributed by atoms with Crippen LogP contribution in [0.5, 0.6) is 0 Å². The molecule has 0 spiro atoms. The summed E-state index contributed by atoms with van der Waals surface area (Å²) >= 11 is 1.54. The molecule has 1 aromatic carbocycles. The minimum Gasteiger partial charge on any atom is -0.478 e. The molecule has 0 saturated heterocycles. The highest BCUT2D eigenvalue weighted by molar-refractivity contribution is 7.89. The zero-order valence-electron chi connectivity index (χ0n) is 11.9. The molecule has 2 aromatic rings. The van der Waals surface area contributed by atoms with E-state index >= 15 is 0 Å². The van der Waals surface area contributed by atoms with Crippen molar-refractivity contribution in [3.05, 3.63) is 45.9 Å². The van der Waals surface area contributed by atoms with Crippen molar-refractivity contribution in [2.75, 3.05) is 6.54 Å². The number of aromatic carboxylic acids is 1. The van der Waals surface area contributed by atoms with Crippen LogP contribution in [0.4, 0.5) is 0 Å². The summed E-state index contributed by atoms with van der Waals surface area (Å²) in [5.41, 5.74) is 0.591. The minimum absolute atomic E-state index is 0.170. The van der Waals surface area contributed by atoms with Gasteiger partial charge in [0.05, 0.1) is 21.2 Å². The number of thiazole rings is 1. The summed E-state index contributed by atoms with van der Waals surface area (Å²) in [5, 5.41) is 12.0. The fourth-order valence-corrected chi connectivity index (χ4v) is 3.90. The summed E-state index contributed by atoms with van der Waals surface area (Å²) in [6.45, 7) is 2.18. The van der Waals surface area contributed by atoms with Gasteiger partial charge in [0.1, 0.15) is 0 Å². The van der Waals surface area contributed by atoms with Gasteiger partial charge in [0.2, 0.25) is 10.0 Å². The third-order valence-corrected chi connectivity index (χ3v) is 5.54. The summed E-state index contributed by atoms with van der Waals surface area (Å²) in [6, 6.07) is 5.54. The number of nitrogens with zero attached hydrogens (tertiary/aromatic N) is 1. The van der Waals surface area contributed by atoms with Crippen LogP contribution in [0.15, 0.2) is 34.5 Å². The number of carboxylic acids is 1. The monoisotopic (exact) mass is 340 g/mol. The van der Waals surface area contributed by atoms with Crippen molar-refractivity contribution in [3.63, 3.8) is 0 Å². The zero-order valence-corrected chi connectivity index (χ0v) is 13.6. The van der Waals surface area contributed by atoms with E-state index in [-0.39, 0.29) is 17.0 Å². The maximum Gasteiger partial charge on any atom is 0.337 e. The first kappa shape index (κ1) is 16.6. The molecule has 1 aromatic heterocycles. The molecule has 118 valence electrons. The standard InChI is InChI=1S/C14H16N2O4S2/c1-2-13-16-10(9-21-13)7-8-15-22(19,20)12-6-4-3-5-11(12)14(17)18/h3-6,9,15H,2,7-8H2,1H3,(H,17,18). The number of carbonyl (C=O) groups is 1. The van der Waals surface area contributed by atoms with E-state index in [2.05, 4.69) is 9.71 Å². The van der Waals surface area contributed by atoms with Gasteiger partial charge in [0.25, 0.3) is 0 Å². The molecule has 0 amide bonds. The number of hydrogen-bond acceptors (Lipinski definition) is 5. The molecule has 0 aliphatic rings. The molecule has 0 radical (unpaired) electrons. The van der Waals surface area contributed by atoms with E-state index in [1.165, 1.54) is 24.3 Å². The van der Waals surface area contributed by atoms with E-state index in [1.807, 2.05) is 12.3 Å². The Labute approximate surface area is 132 Å². The van der Waals surface area contributed by atoms with Crippen LogP contribution in [0.25, 0.3) is 0 Å². The quantitative estimate of drug-likeness (QED) is 0.803. The summed E-state index contributed by atoms with van der Waals surface area (Å²) in [4.78, 5) is 15.2. The van der Waals surface area contributed by atoms with Crippen LogP contribution in [-0.2, 0) is 22.9 Å². The second kappa shape index (κ2) is 6.99. The lowest BCUT2D eigenvalue weighted by Gasteiger charge is -2.08. The number of benzene rings is 1. The van der Waals surface area contributed by atoms with Crippen molar-refractivity contribution in [1.82, 2.24) is 9.71 Å². The summed E-state index contributed by atoms with van der Waals surface area (Å²) < 4.78 is 26.9. The van der Waals surface area contributed by atoms with E-state index in [0.717, 1.165) is 17.1 Å². The molecule has 0 saturated carbocycles. The molecule has 0 atom stereocenters. The van der Waals surface area contributed by atoms with Gasteiger partial charge in [0, 0.05) is 18.3 Å². The molecule has 0 fully saturated rings. The van der Waals surface area contributed by atoms with Crippen molar-refractivity contribution >= 4 is 27.3 Å². The van der Waals surface area contributed by atoms with Gasteiger partial charge in [0.15, 0.2) is 0 Å². The molecule has 0 bridgehead atoms. The predicted molar refractivity (Wildman–Crippen MR) is 83.8 cm³/mol. The zero-order chi connectivity index (χ0) is 16.2. The molecular formula is C14H16N2O4S2. The highest BCUT2D eigenvalue weighted by Crippen LogP contribution is 2.15. The van der Waals surface area contributed by atoms with Crippen molar-refractivity contribution in [3.8, 4) is 0 Å². The molecule has 6 nitrogen and oxygen atoms in total. The number of hydrogen-bond donors (Lipinski definition) is 2. The summed E-state index contributed by atoms with van der Waals surface area (Å²) in [6.07, 6.45) is 1.31. The van der Waals surface area contributed by atoms with Crippen molar-refractivity contribution in [1.29, 1.82) is 0 Å². The third kappa shape index (κ3) is 3.90. The Morgan fingerprint density at radius 1 is 1.36 bits per heavy atom. The number of aromatic nitrogens is 1. The Bertz CT molecular complexity index is 769. The van der Waals surface area contributed by atoms with E-state index in [4.69, 9.17) is 5.11 Å². The Kier molecular flexibility index (Phi) is 5.28. The average Bonchev–Trinajstić information content (AvgIpc) is 2.95. The Hall–Kier alpha value is -1.77. The molecule has 1 heterocycles. The predicted octanol–water partition coefficient (Wildman–Crippen LogP) is 1.92. The van der Waals surface area contributed by atoms with Crippen LogP contribution in [0.2, 0.25) is 0 Å². The minimum atomic E-state index is -3.86. The largest absolute Gasteiger partial charge is 0.478 e. The van der Waals surface area contributed by atoms with Crippen LogP contribution >= 0.6 is 11.3 Å². The van der Waals surface area contributed by atoms with E-state index < -0.39 is 16.0 Å². The van der Waals surface area contributed by atoms with E-state index in [0.29, 0.717) is 6.42 Å². The first-order valence-electron chi connectivity index (χ1n) is 6.69. The number of nitrogens with one attached hydrogen (secondary N) is 1. The van der Waals surface area contributed by atoms with Gasteiger partial charge in [-0.05, 0) is 18.6 Å². The lowest BCUT2D eigenvalue weighted by Crippen LogP contribution is -2.27. The fourth-order valence-electron chi connectivity index (χ4n) is 1.90. The molecule has 22 heavy (non-hydrogen) atoms. The van der Waals surface area contributed by atoms with Crippen LogP contribution in [-0.4, -0.2) is 31.0 Å². The smallest absolute Gasteiger partial charge is 0.337 e. The molecule has 2 rings (SSSR count). The van der Waals surface area contributed by atoms with Crippen molar-refractivity contribution in [2.45, 2.75) is 24.7 Å². The van der Waals surface area contributed by atoms with Gasteiger partial charge in [-0.1, -0.05) is 19.1 Å². The molecule has 2 N–H and O–H groups in total. The number of rotatable bonds is 7. The van der Waals surface area contributed by atoms with Crippen LogP contribution in [0.3, 0.4) is 0 Å². The van der Waals surface area contributed by atoms with Crippen LogP contribution in [0.1, 0.15) is 28.0 Å². The first-order chi connectivity index (χ1) is 10.4. The van der Waals surface area contributed by atoms with Gasteiger partial charge in [-0.15, -0.1) is 11.3 Å². The molecule has 0 unspecified atom stereocenters. The lowest BCUT2D eigenvalue weighted by molar-refractivity contribution is 0.0692. The topological polar surface area (TPSA) is 96.4 Å².